The molecule has 0 saturated carbocycles. The topological polar surface area (TPSA) is 111 Å². The summed E-state index contributed by atoms with van der Waals surface area (Å²) >= 11 is 1.52. The molecule has 0 aliphatic carbocycles. The van der Waals surface area contributed by atoms with E-state index in [0.29, 0.717) is 45.8 Å². The number of rotatable bonds is 6. The first-order valence-corrected chi connectivity index (χ1v) is 12.2. The van der Waals surface area contributed by atoms with Crippen LogP contribution in [0, 0.1) is 0 Å². The molecule has 0 radical (unpaired) electrons. The number of morpholine rings is 1. The van der Waals surface area contributed by atoms with Gasteiger partial charge in [-0.25, -0.2) is 4.79 Å². The number of urea groups is 1. The molecule has 168 valence electrons. The summed E-state index contributed by atoms with van der Waals surface area (Å²) in [6.45, 7) is 6.30. The van der Waals surface area contributed by atoms with Crippen LogP contribution in [0.2, 0.25) is 0 Å². The first-order chi connectivity index (χ1) is 14.2. The lowest BCUT2D eigenvalue weighted by atomic mass is 10.3. The maximum atomic E-state index is 12.9. The van der Waals surface area contributed by atoms with Gasteiger partial charge in [0.05, 0.1) is 25.3 Å². The van der Waals surface area contributed by atoms with Gasteiger partial charge in [0.1, 0.15) is 0 Å². The monoisotopic (exact) mass is 459 g/mol. The number of nitrogens with one attached hydrogen (secondary N) is 2. The van der Waals surface area contributed by atoms with E-state index in [1.807, 2.05) is 36.3 Å². The molecule has 12 heteroatoms. The summed E-state index contributed by atoms with van der Waals surface area (Å²) in [5, 5.41) is 6.87. The van der Waals surface area contributed by atoms with Crippen LogP contribution in [0.1, 0.15) is 18.7 Å². The largest absolute Gasteiger partial charge is 0.373 e. The van der Waals surface area contributed by atoms with E-state index in [-0.39, 0.29) is 18.8 Å². The third-order valence-electron chi connectivity index (χ3n) is 4.99. The molecule has 0 spiro atoms. The summed E-state index contributed by atoms with van der Waals surface area (Å²) in [4.78, 5) is 26.8. The number of nitrogens with zero attached hydrogens (tertiary/aromatic N) is 3. The second-order valence-corrected chi connectivity index (χ2v) is 10.5. The van der Waals surface area contributed by atoms with E-state index < -0.39 is 22.1 Å². The number of hydrogen-bond acceptors (Lipinski definition) is 7. The van der Waals surface area contributed by atoms with E-state index in [2.05, 4.69) is 10.6 Å². The van der Waals surface area contributed by atoms with Gasteiger partial charge in [0.25, 0.3) is 10.2 Å². The zero-order chi connectivity index (χ0) is 21.7. The van der Waals surface area contributed by atoms with Crippen molar-refractivity contribution in [2.24, 2.45) is 0 Å². The molecule has 2 fully saturated rings. The minimum Gasteiger partial charge on any atom is -0.373 e. The quantitative estimate of drug-likeness (QED) is 0.622. The summed E-state index contributed by atoms with van der Waals surface area (Å²) in [6, 6.07) is 3.26. The van der Waals surface area contributed by atoms with Crippen molar-refractivity contribution in [1.29, 1.82) is 0 Å². The Labute approximate surface area is 181 Å². The zero-order valence-corrected chi connectivity index (χ0v) is 18.9. The molecule has 0 unspecified atom stereocenters. The van der Waals surface area contributed by atoms with Crippen LogP contribution in [0.15, 0.2) is 17.5 Å². The van der Waals surface area contributed by atoms with Gasteiger partial charge in [-0.2, -0.15) is 17.0 Å². The van der Waals surface area contributed by atoms with E-state index in [4.69, 9.17) is 4.74 Å². The number of thiophene rings is 1. The summed E-state index contributed by atoms with van der Waals surface area (Å²) in [5.74, 6) is -0.411. The Bertz CT molecular complexity index is 814. The van der Waals surface area contributed by atoms with E-state index in [0.717, 1.165) is 4.88 Å². The lowest BCUT2D eigenvalue weighted by molar-refractivity contribution is -0.121. The second kappa shape index (κ2) is 10.2. The van der Waals surface area contributed by atoms with Crippen LogP contribution in [-0.4, -0.2) is 91.9 Å². The van der Waals surface area contributed by atoms with Crippen molar-refractivity contribution >= 4 is 33.5 Å². The number of amides is 3. The molecule has 2 saturated heterocycles. The SMILES string of the molecule is C[C@@H]1CN(S(=O)(=O)N2CCN(CC(=O)NC(=O)NCc3cccs3)CC2)C[C@H](C)O1. The molecule has 0 aromatic carbocycles. The van der Waals surface area contributed by atoms with Gasteiger partial charge in [-0.15, -0.1) is 11.3 Å². The average Bonchev–Trinajstić information content (AvgIpc) is 3.19. The third kappa shape index (κ3) is 6.22. The van der Waals surface area contributed by atoms with E-state index in [9.17, 15) is 18.0 Å². The molecule has 30 heavy (non-hydrogen) atoms. The number of piperazine rings is 1. The fourth-order valence-electron chi connectivity index (χ4n) is 3.59. The summed E-state index contributed by atoms with van der Waals surface area (Å²) in [7, 11) is -3.55. The Kier molecular flexibility index (Phi) is 7.82. The Morgan fingerprint density at radius 2 is 1.80 bits per heavy atom. The molecule has 3 amide bonds. The molecule has 1 aromatic heterocycles. The molecule has 1 aromatic rings. The Balaban J connectivity index is 1.41. The van der Waals surface area contributed by atoms with Gasteiger partial charge >= 0.3 is 6.03 Å². The highest BCUT2D eigenvalue weighted by Gasteiger charge is 2.36. The minimum atomic E-state index is -3.55. The molecule has 2 N–H and O–H groups in total. The van der Waals surface area contributed by atoms with Gasteiger partial charge in [-0.3, -0.25) is 15.0 Å². The lowest BCUT2D eigenvalue weighted by Crippen LogP contribution is -2.58. The molecule has 0 bridgehead atoms. The average molecular weight is 460 g/mol. The van der Waals surface area contributed by atoms with Crippen molar-refractivity contribution in [3.05, 3.63) is 22.4 Å². The molecule has 3 heterocycles. The van der Waals surface area contributed by atoms with Crippen LogP contribution in [0.4, 0.5) is 4.79 Å². The maximum absolute atomic E-state index is 12.9. The first kappa shape index (κ1) is 23.1. The third-order valence-corrected chi connectivity index (χ3v) is 7.84. The minimum absolute atomic E-state index is 0.0476. The smallest absolute Gasteiger partial charge is 0.321 e. The molecule has 2 aliphatic heterocycles. The van der Waals surface area contributed by atoms with E-state index >= 15 is 0 Å². The molecule has 2 atom stereocenters. The highest BCUT2D eigenvalue weighted by atomic mass is 32.2. The number of hydrogen-bond donors (Lipinski definition) is 2. The summed E-state index contributed by atoms with van der Waals surface area (Å²) in [5.41, 5.74) is 0. The first-order valence-electron chi connectivity index (χ1n) is 9.97. The lowest BCUT2D eigenvalue weighted by Gasteiger charge is -2.40. The van der Waals surface area contributed by atoms with Crippen LogP contribution < -0.4 is 10.6 Å². The van der Waals surface area contributed by atoms with Crippen LogP contribution in [0.25, 0.3) is 0 Å². The van der Waals surface area contributed by atoms with Crippen LogP contribution in [0.3, 0.4) is 0 Å². The Hall–Kier alpha value is -1.57. The van der Waals surface area contributed by atoms with E-state index in [1.54, 1.807) is 0 Å². The number of ether oxygens (including phenoxy) is 1. The summed E-state index contributed by atoms with van der Waals surface area (Å²) in [6.07, 6.45) is -0.279. The van der Waals surface area contributed by atoms with Crippen LogP contribution in [-0.2, 0) is 26.3 Å². The fraction of sp³-hybridized carbons (Fsp3) is 0.667. The number of imide groups is 1. The van der Waals surface area contributed by atoms with Crippen LogP contribution in [0.5, 0.6) is 0 Å². The van der Waals surface area contributed by atoms with Crippen molar-refractivity contribution in [2.45, 2.75) is 32.6 Å². The fourth-order valence-corrected chi connectivity index (χ4v) is 5.99. The highest BCUT2D eigenvalue weighted by molar-refractivity contribution is 7.86. The van der Waals surface area contributed by atoms with Crippen molar-refractivity contribution < 1.29 is 22.7 Å². The van der Waals surface area contributed by atoms with E-state index in [1.165, 1.54) is 19.9 Å². The standard InChI is InChI=1S/C18H29N5O5S2/c1-14-11-23(12-15(2)28-14)30(26,27)22-7-5-21(6-8-22)13-17(24)20-18(25)19-10-16-4-3-9-29-16/h3-4,9,14-15H,5-8,10-13H2,1-2H3,(H2,19,20,24,25)/t14-,15+. The Morgan fingerprint density at radius 1 is 1.13 bits per heavy atom. The summed E-state index contributed by atoms with van der Waals surface area (Å²) < 4.78 is 34.4. The second-order valence-electron chi connectivity index (χ2n) is 7.57. The molecule has 3 rings (SSSR count). The molecule has 10 nitrogen and oxygen atoms in total. The van der Waals surface area contributed by atoms with Crippen molar-refractivity contribution in [2.75, 3.05) is 45.8 Å². The predicted octanol–water partition coefficient (Wildman–Crippen LogP) is 0.0455. The zero-order valence-electron chi connectivity index (χ0n) is 17.2. The highest BCUT2D eigenvalue weighted by Crippen LogP contribution is 2.18. The van der Waals surface area contributed by atoms with Crippen molar-refractivity contribution in [3.63, 3.8) is 0 Å². The molecular weight excluding hydrogens is 430 g/mol. The van der Waals surface area contributed by atoms with Gasteiger partial charge in [0, 0.05) is 44.1 Å². The van der Waals surface area contributed by atoms with Crippen molar-refractivity contribution in [3.8, 4) is 0 Å². The van der Waals surface area contributed by atoms with Gasteiger partial charge in [-0.1, -0.05) is 6.07 Å². The van der Waals surface area contributed by atoms with Gasteiger partial charge < -0.3 is 10.1 Å². The molecule has 2 aliphatic rings. The Morgan fingerprint density at radius 3 is 2.40 bits per heavy atom. The van der Waals surface area contributed by atoms with Crippen molar-refractivity contribution in [1.82, 2.24) is 24.1 Å². The van der Waals surface area contributed by atoms with Crippen LogP contribution >= 0.6 is 11.3 Å². The van der Waals surface area contributed by atoms with Gasteiger partial charge in [0.2, 0.25) is 5.91 Å². The predicted molar refractivity (Wildman–Crippen MR) is 113 cm³/mol. The van der Waals surface area contributed by atoms with Gasteiger partial charge in [0.15, 0.2) is 0 Å². The maximum Gasteiger partial charge on any atom is 0.321 e. The normalized spacial score (nSPS) is 24.5. The molecular formula is C18H29N5O5S2. The number of carbonyl (C=O) groups excluding carboxylic acids is 2. The van der Waals surface area contributed by atoms with Gasteiger partial charge in [-0.05, 0) is 25.3 Å². The number of carbonyl (C=O) groups is 2.